The van der Waals surface area contributed by atoms with Crippen LogP contribution in [0.2, 0.25) is 0 Å². The molecule has 0 N–H and O–H groups in total. The molecule has 2 aliphatic carbocycles. The summed E-state index contributed by atoms with van der Waals surface area (Å²) in [5, 5.41) is 0. The van der Waals surface area contributed by atoms with E-state index in [0.717, 1.165) is 43.1 Å². The highest BCUT2D eigenvalue weighted by molar-refractivity contribution is 5.41. The molecule has 2 heterocycles. The number of epoxide rings is 1. The first-order valence-corrected chi connectivity index (χ1v) is 16.3. The SMILES string of the molecule is CCCCCCC1OC1COc1cnc(C2CCc3cc(OCCCCCC(CC)C4CC4)c(F)c(F)c3C2)nc1. The molecular formula is C34H48F2N2O3. The first-order valence-electron chi connectivity index (χ1n) is 16.3. The maximum absolute atomic E-state index is 15.1. The van der Waals surface area contributed by atoms with Gasteiger partial charge in [0.25, 0.3) is 0 Å². The van der Waals surface area contributed by atoms with E-state index in [9.17, 15) is 4.39 Å². The smallest absolute Gasteiger partial charge is 0.200 e. The molecule has 1 aromatic carbocycles. The number of rotatable bonds is 18. The molecule has 0 amide bonds. The third-order valence-corrected chi connectivity index (χ3v) is 9.33. The second-order valence-electron chi connectivity index (χ2n) is 12.4. The van der Waals surface area contributed by atoms with Gasteiger partial charge < -0.3 is 14.2 Å². The van der Waals surface area contributed by atoms with E-state index in [1.54, 1.807) is 18.5 Å². The summed E-state index contributed by atoms with van der Waals surface area (Å²) in [6.07, 6.45) is 20.2. The number of halogens is 2. The van der Waals surface area contributed by atoms with E-state index < -0.39 is 11.6 Å². The fourth-order valence-corrected chi connectivity index (χ4v) is 6.49. The number of benzene rings is 1. The van der Waals surface area contributed by atoms with Crippen LogP contribution in [0.5, 0.6) is 11.5 Å². The fourth-order valence-electron chi connectivity index (χ4n) is 6.49. The van der Waals surface area contributed by atoms with Crippen LogP contribution in [0.3, 0.4) is 0 Å². The molecule has 5 nitrogen and oxygen atoms in total. The lowest BCUT2D eigenvalue weighted by Crippen LogP contribution is -2.18. The van der Waals surface area contributed by atoms with Gasteiger partial charge in [-0.05, 0) is 74.0 Å². The molecule has 0 bridgehead atoms. The quantitative estimate of drug-likeness (QED) is 0.133. The zero-order valence-electron chi connectivity index (χ0n) is 25.0. The highest BCUT2D eigenvalue weighted by atomic mass is 19.2. The molecule has 7 heteroatoms. The van der Waals surface area contributed by atoms with E-state index in [-0.39, 0.29) is 17.8 Å². The Hall–Kier alpha value is -2.28. The van der Waals surface area contributed by atoms with Crippen LogP contribution in [0.1, 0.15) is 120 Å². The van der Waals surface area contributed by atoms with Crippen LogP contribution in [0.15, 0.2) is 18.5 Å². The first-order chi connectivity index (χ1) is 20.1. The summed E-state index contributed by atoms with van der Waals surface area (Å²) in [5.74, 6) is 1.40. The minimum Gasteiger partial charge on any atom is -0.490 e. The molecule has 1 saturated heterocycles. The predicted octanol–water partition coefficient (Wildman–Crippen LogP) is 8.52. The summed E-state index contributed by atoms with van der Waals surface area (Å²) in [4.78, 5) is 9.02. The number of hydrogen-bond acceptors (Lipinski definition) is 5. The zero-order valence-corrected chi connectivity index (χ0v) is 25.0. The Morgan fingerprint density at radius 1 is 0.927 bits per heavy atom. The van der Waals surface area contributed by atoms with Gasteiger partial charge in [0.15, 0.2) is 17.3 Å². The Kier molecular flexibility index (Phi) is 10.9. The van der Waals surface area contributed by atoms with Crippen molar-refractivity contribution < 1.29 is 23.0 Å². The molecule has 3 aliphatic rings. The number of aromatic nitrogens is 2. The largest absolute Gasteiger partial charge is 0.490 e. The van der Waals surface area contributed by atoms with Gasteiger partial charge in [-0.3, -0.25) is 0 Å². The lowest BCUT2D eigenvalue weighted by molar-refractivity contribution is 0.257. The van der Waals surface area contributed by atoms with Crippen molar-refractivity contribution in [3.05, 3.63) is 47.0 Å². The number of unbranched alkanes of at least 4 members (excludes halogenated alkanes) is 5. The molecule has 0 radical (unpaired) electrons. The molecule has 4 unspecified atom stereocenters. The van der Waals surface area contributed by atoms with Crippen molar-refractivity contribution in [1.82, 2.24) is 9.97 Å². The van der Waals surface area contributed by atoms with Crippen molar-refractivity contribution in [2.45, 2.75) is 128 Å². The van der Waals surface area contributed by atoms with Gasteiger partial charge >= 0.3 is 0 Å². The third kappa shape index (κ3) is 8.39. The molecule has 1 aliphatic heterocycles. The molecule has 1 saturated carbocycles. The highest BCUT2D eigenvalue weighted by Gasteiger charge is 2.38. The summed E-state index contributed by atoms with van der Waals surface area (Å²) in [5.41, 5.74) is 1.26. The van der Waals surface area contributed by atoms with Gasteiger partial charge in [0.05, 0.1) is 25.1 Å². The highest BCUT2D eigenvalue weighted by Crippen LogP contribution is 2.41. The van der Waals surface area contributed by atoms with E-state index in [0.29, 0.717) is 49.3 Å². The van der Waals surface area contributed by atoms with Crippen LogP contribution >= 0.6 is 0 Å². The van der Waals surface area contributed by atoms with Crippen LogP contribution in [-0.4, -0.2) is 35.4 Å². The average Bonchev–Trinajstić information content (AvgIpc) is 3.93. The first kappa shape index (κ1) is 30.2. The minimum absolute atomic E-state index is 0.0460. The number of fused-ring (bicyclic) bond motifs is 1. The van der Waals surface area contributed by atoms with Gasteiger partial charge in [-0.25, -0.2) is 14.4 Å². The summed E-state index contributed by atoms with van der Waals surface area (Å²) < 4.78 is 47.3. The van der Waals surface area contributed by atoms with Crippen LogP contribution in [-0.2, 0) is 17.6 Å². The van der Waals surface area contributed by atoms with E-state index in [1.165, 1.54) is 57.8 Å². The fraction of sp³-hybridized carbons (Fsp3) is 0.706. The molecule has 0 spiro atoms. The number of nitrogens with zero attached hydrogens (tertiary/aromatic N) is 2. The van der Waals surface area contributed by atoms with E-state index >= 15 is 4.39 Å². The molecule has 5 rings (SSSR count). The van der Waals surface area contributed by atoms with Crippen LogP contribution in [0, 0.1) is 23.5 Å². The Balaban J connectivity index is 1.05. The summed E-state index contributed by atoms with van der Waals surface area (Å²) >= 11 is 0. The van der Waals surface area contributed by atoms with E-state index in [4.69, 9.17) is 14.2 Å². The van der Waals surface area contributed by atoms with Crippen LogP contribution in [0.25, 0.3) is 0 Å². The topological polar surface area (TPSA) is 56.8 Å². The lowest BCUT2D eigenvalue weighted by Gasteiger charge is -2.25. The van der Waals surface area contributed by atoms with Gasteiger partial charge in [0.2, 0.25) is 5.82 Å². The Morgan fingerprint density at radius 2 is 1.73 bits per heavy atom. The zero-order chi connectivity index (χ0) is 28.6. The van der Waals surface area contributed by atoms with Crippen molar-refractivity contribution in [2.75, 3.05) is 13.2 Å². The Morgan fingerprint density at radius 3 is 2.49 bits per heavy atom. The standard InChI is InChI=1S/C34H48F2N2O3/c1-3-5-6-9-12-29-31(41-29)22-40-27-20-37-34(38-21-27)26-16-15-25-19-30(33(36)32(35)28(25)18-26)39-17-10-7-8-11-23(4-2)24-13-14-24/h19-21,23-24,26,29,31H,3-18,22H2,1-2H3. The monoisotopic (exact) mass is 570 g/mol. The van der Waals surface area contributed by atoms with Gasteiger partial charge in [0, 0.05) is 5.92 Å². The van der Waals surface area contributed by atoms with Crippen molar-refractivity contribution in [3.63, 3.8) is 0 Å². The molecule has 41 heavy (non-hydrogen) atoms. The average molecular weight is 571 g/mol. The lowest BCUT2D eigenvalue weighted by atomic mass is 9.83. The van der Waals surface area contributed by atoms with Crippen LogP contribution in [0.4, 0.5) is 8.78 Å². The molecule has 4 atom stereocenters. The molecule has 1 aromatic heterocycles. The van der Waals surface area contributed by atoms with Crippen LogP contribution < -0.4 is 9.47 Å². The second kappa shape index (κ2) is 14.8. The van der Waals surface area contributed by atoms with Gasteiger partial charge in [0.1, 0.15) is 18.5 Å². The summed E-state index contributed by atoms with van der Waals surface area (Å²) in [6.45, 7) is 5.43. The maximum Gasteiger partial charge on any atom is 0.200 e. The molecule has 2 aromatic rings. The van der Waals surface area contributed by atoms with E-state index in [2.05, 4.69) is 23.8 Å². The maximum atomic E-state index is 15.1. The number of hydrogen-bond donors (Lipinski definition) is 0. The number of aryl methyl sites for hydroxylation is 1. The molecule has 226 valence electrons. The van der Waals surface area contributed by atoms with Gasteiger partial charge in [-0.1, -0.05) is 65.2 Å². The molecular weight excluding hydrogens is 522 g/mol. The summed E-state index contributed by atoms with van der Waals surface area (Å²) in [7, 11) is 0. The van der Waals surface area contributed by atoms with E-state index in [1.807, 2.05) is 0 Å². The van der Waals surface area contributed by atoms with Crippen molar-refractivity contribution >= 4 is 0 Å². The Labute approximate surface area is 244 Å². The number of ether oxygens (including phenoxy) is 3. The third-order valence-electron chi connectivity index (χ3n) is 9.33. The van der Waals surface area contributed by atoms with Crippen molar-refractivity contribution in [1.29, 1.82) is 0 Å². The molecule has 2 fully saturated rings. The van der Waals surface area contributed by atoms with Crippen molar-refractivity contribution in [2.24, 2.45) is 11.8 Å². The normalized spacial score (nSPS) is 22.3. The van der Waals surface area contributed by atoms with Crippen molar-refractivity contribution in [3.8, 4) is 11.5 Å². The summed E-state index contributed by atoms with van der Waals surface area (Å²) in [6, 6.07) is 1.71. The van der Waals surface area contributed by atoms with Gasteiger partial charge in [-0.2, -0.15) is 4.39 Å². The Bertz CT molecular complexity index is 1110. The minimum atomic E-state index is -0.875. The second-order valence-corrected chi connectivity index (χ2v) is 12.4. The predicted molar refractivity (Wildman–Crippen MR) is 157 cm³/mol. The van der Waals surface area contributed by atoms with Gasteiger partial charge in [-0.15, -0.1) is 0 Å².